The second kappa shape index (κ2) is 13.8. The lowest BCUT2D eigenvalue weighted by Gasteiger charge is -2.35. The minimum atomic E-state index is -1.65. The van der Waals surface area contributed by atoms with Crippen molar-refractivity contribution in [2.45, 2.75) is 71.7 Å². The molecule has 3 amide bonds. The van der Waals surface area contributed by atoms with E-state index in [0.29, 0.717) is 11.0 Å². The van der Waals surface area contributed by atoms with Crippen LogP contribution in [0.1, 0.15) is 50.4 Å². The molecule has 0 bridgehead atoms. The number of hydrogen-bond acceptors (Lipinski definition) is 8. The summed E-state index contributed by atoms with van der Waals surface area (Å²) in [7, 11) is -1.65. The Kier molecular flexibility index (Phi) is 10.4. The quantitative estimate of drug-likeness (QED) is 0.220. The molecule has 4 rings (SSSR count). The highest BCUT2D eigenvalue weighted by Crippen LogP contribution is 2.28. The predicted molar refractivity (Wildman–Crippen MR) is 166 cm³/mol. The Morgan fingerprint density at radius 3 is 2.44 bits per heavy atom. The van der Waals surface area contributed by atoms with Gasteiger partial charge in [-0.3, -0.25) is 14.4 Å². The SMILES string of the molecule is Cc1ncsc1-c1ccc(CNC(=O)[C@@H]2C[C@@H](O)CN2C(=O)[C@@H](NC(=O)CCc2ccccc2B(O)O)C(C)(C)C)cc1. The minimum Gasteiger partial charge on any atom is -0.423 e. The molecule has 1 aromatic heterocycles. The van der Waals surface area contributed by atoms with Crippen molar-refractivity contribution in [1.82, 2.24) is 20.5 Å². The van der Waals surface area contributed by atoms with Crippen molar-refractivity contribution in [2.24, 2.45) is 5.41 Å². The smallest absolute Gasteiger partial charge is 0.423 e. The summed E-state index contributed by atoms with van der Waals surface area (Å²) < 4.78 is 0. The second-order valence-corrected chi connectivity index (χ2v) is 12.9. The van der Waals surface area contributed by atoms with Crippen LogP contribution in [0.2, 0.25) is 0 Å². The second-order valence-electron chi connectivity index (χ2n) is 12.0. The van der Waals surface area contributed by atoms with E-state index in [9.17, 15) is 29.5 Å². The van der Waals surface area contributed by atoms with Crippen LogP contribution in [0.15, 0.2) is 54.0 Å². The van der Waals surface area contributed by atoms with Crippen molar-refractivity contribution in [3.63, 3.8) is 0 Å². The summed E-state index contributed by atoms with van der Waals surface area (Å²) in [6, 6.07) is 12.8. The van der Waals surface area contributed by atoms with E-state index in [4.69, 9.17) is 0 Å². The number of carbonyl (C=O) groups is 3. The number of carbonyl (C=O) groups excluding carboxylic acids is 3. The maximum absolute atomic E-state index is 13.8. The Balaban J connectivity index is 1.39. The van der Waals surface area contributed by atoms with Crippen molar-refractivity contribution >= 4 is 41.6 Å². The lowest BCUT2D eigenvalue weighted by molar-refractivity contribution is -0.144. The number of aryl methyl sites for hydroxylation is 2. The molecular formula is C31H39BN4O6S. The minimum absolute atomic E-state index is 0.00989. The van der Waals surface area contributed by atoms with Crippen LogP contribution in [0.5, 0.6) is 0 Å². The van der Waals surface area contributed by atoms with Crippen LogP contribution in [0, 0.1) is 12.3 Å². The standard InChI is InChI=1S/C31H39BN4O6S/c1-19-27(43-18-34-19)22-11-9-20(10-12-22)16-33-29(39)25-15-23(37)17-36(25)30(40)28(31(2,3)4)35-26(38)14-13-21-7-5-6-8-24(21)32(41)42/h5-12,18,23,25,28,37,41-42H,13-17H2,1-4H3,(H,33,39)(H,35,38)/t23-,25+,28-/m1/s1. The van der Waals surface area contributed by atoms with Gasteiger partial charge in [-0.1, -0.05) is 69.3 Å². The van der Waals surface area contributed by atoms with Crippen molar-refractivity contribution in [3.8, 4) is 10.4 Å². The first kappa shape index (κ1) is 32.3. The molecule has 12 heteroatoms. The highest BCUT2D eigenvalue weighted by molar-refractivity contribution is 7.13. The Morgan fingerprint density at radius 2 is 1.81 bits per heavy atom. The first-order valence-electron chi connectivity index (χ1n) is 14.3. The van der Waals surface area contributed by atoms with E-state index in [0.717, 1.165) is 21.7 Å². The number of benzene rings is 2. The van der Waals surface area contributed by atoms with Gasteiger partial charge in [0.15, 0.2) is 0 Å². The number of hydrogen-bond donors (Lipinski definition) is 5. The van der Waals surface area contributed by atoms with Gasteiger partial charge in [-0.15, -0.1) is 11.3 Å². The predicted octanol–water partition coefficient (Wildman–Crippen LogP) is 1.54. The van der Waals surface area contributed by atoms with Gasteiger partial charge < -0.3 is 30.7 Å². The third-order valence-corrected chi connectivity index (χ3v) is 8.64. The monoisotopic (exact) mass is 606 g/mol. The lowest BCUT2D eigenvalue weighted by atomic mass is 9.76. The summed E-state index contributed by atoms with van der Waals surface area (Å²) in [5.74, 6) is -1.19. The first-order valence-corrected chi connectivity index (χ1v) is 15.2. The molecule has 0 unspecified atom stereocenters. The van der Waals surface area contributed by atoms with Crippen molar-refractivity contribution in [3.05, 3.63) is 70.9 Å². The molecule has 2 heterocycles. The Labute approximate surface area is 256 Å². The van der Waals surface area contributed by atoms with Gasteiger partial charge >= 0.3 is 7.12 Å². The van der Waals surface area contributed by atoms with Gasteiger partial charge in [0.25, 0.3) is 0 Å². The van der Waals surface area contributed by atoms with Crippen LogP contribution < -0.4 is 16.1 Å². The van der Waals surface area contributed by atoms with Crippen LogP contribution in [0.3, 0.4) is 0 Å². The third kappa shape index (κ3) is 8.08. The fourth-order valence-corrected chi connectivity index (χ4v) is 6.09. The number of nitrogens with zero attached hydrogens (tertiary/aromatic N) is 2. The zero-order chi connectivity index (χ0) is 31.3. The molecule has 1 aliphatic heterocycles. The highest BCUT2D eigenvalue weighted by atomic mass is 32.1. The van der Waals surface area contributed by atoms with Crippen molar-refractivity contribution in [2.75, 3.05) is 6.54 Å². The summed E-state index contributed by atoms with van der Waals surface area (Å²) in [5.41, 5.74) is 4.98. The number of β-amino-alcohol motifs (C(OH)–C–C–N with tert-alkyl or cyclic N) is 1. The van der Waals surface area contributed by atoms with E-state index in [1.54, 1.807) is 35.6 Å². The Morgan fingerprint density at radius 1 is 1.12 bits per heavy atom. The maximum Gasteiger partial charge on any atom is 0.488 e. The molecule has 1 aliphatic rings. The molecule has 228 valence electrons. The van der Waals surface area contributed by atoms with E-state index < -0.39 is 36.6 Å². The topological polar surface area (TPSA) is 152 Å². The molecule has 3 aromatic rings. The normalized spacial score (nSPS) is 17.4. The molecule has 10 nitrogen and oxygen atoms in total. The number of thiazole rings is 1. The van der Waals surface area contributed by atoms with Crippen molar-refractivity contribution in [1.29, 1.82) is 0 Å². The summed E-state index contributed by atoms with van der Waals surface area (Å²) >= 11 is 1.57. The summed E-state index contributed by atoms with van der Waals surface area (Å²) in [5, 5.41) is 35.4. The van der Waals surface area contributed by atoms with Crippen LogP contribution in [-0.4, -0.2) is 74.6 Å². The summed E-state index contributed by atoms with van der Waals surface area (Å²) in [6.45, 7) is 7.69. The van der Waals surface area contributed by atoms with E-state index in [1.165, 1.54) is 4.90 Å². The highest BCUT2D eigenvalue weighted by Gasteiger charge is 2.44. The largest absolute Gasteiger partial charge is 0.488 e. The summed E-state index contributed by atoms with van der Waals surface area (Å²) in [4.78, 5) is 46.8. The number of aromatic nitrogens is 1. The van der Waals surface area contributed by atoms with E-state index in [-0.39, 0.29) is 44.2 Å². The van der Waals surface area contributed by atoms with Gasteiger partial charge in [-0.25, -0.2) is 4.98 Å². The van der Waals surface area contributed by atoms with Gasteiger partial charge in [0.1, 0.15) is 12.1 Å². The number of aliphatic hydroxyl groups is 1. The molecule has 0 aliphatic carbocycles. The Hall–Kier alpha value is -3.58. The van der Waals surface area contributed by atoms with Gasteiger partial charge in [0.05, 0.1) is 22.2 Å². The third-order valence-electron chi connectivity index (χ3n) is 7.67. The van der Waals surface area contributed by atoms with Gasteiger partial charge in [0, 0.05) is 25.9 Å². The first-order chi connectivity index (χ1) is 20.3. The molecule has 1 saturated heterocycles. The molecule has 43 heavy (non-hydrogen) atoms. The molecule has 5 N–H and O–H groups in total. The van der Waals surface area contributed by atoms with Crippen LogP contribution >= 0.6 is 11.3 Å². The van der Waals surface area contributed by atoms with E-state index in [1.807, 2.05) is 57.5 Å². The van der Waals surface area contributed by atoms with Gasteiger partial charge in [0.2, 0.25) is 17.7 Å². The summed E-state index contributed by atoms with van der Waals surface area (Å²) in [6.07, 6.45) is -0.480. The number of likely N-dealkylation sites (tertiary alicyclic amines) is 1. The fraction of sp³-hybridized carbons (Fsp3) is 0.419. The molecule has 2 aromatic carbocycles. The molecule has 0 spiro atoms. The molecule has 0 radical (unpaired) electrons. The lowest BCUT2D eigenvalue weighted by Crippen LogP contribution is -2.57. The van der Waals surface area contributed by atoms with Gasteiger partial charge in [-0.2, -0.15) is 0 Å². The fourth-order valence-electron chi connectivity index (χ4n) is 5.28. The average Bonchev–Trinajstić information content (AvgIpc) is 3.58. The number of nitrogens with one attached hydrogen (secondary N) is 2. The average molecular weight is 607 g/mol. The molecule has 0 saturated carbocycles. The van der Waals surface area contributed by atoms with E-state index >= 15 is 0 Å². The number of aliphatic hydroxyl groups excluding tert-OH is 1. The van der Waals surface area contributed by atoms with Crippen LogP contribution in [0.25, 0.3) is 10.4 Å². The van der Waals surface area contributed by atoms with Crippen LogP contribution in [-0.2, 0) is 27.3 Å². The van der Waals surface area contributed by atoms with Gasteiger partial charge in [-0.05, 0) is 40.9 Å². The molecule has 3 atom stereocenters. The molecular weight excluding hydrogens is 567 g/mol. The zero-order valence-corrected chi connectivity index (χ0v) is 25.7. The maximum atomic E-state index is 13.8. The molecule has 1 fully saturated rings. The Bertz CT molecular complexity index is 1440. The number of rotatable bonds is 10. The zero-order valence-electron chi connectivity index (χ0n) is 24.9. The number of amides is 3. The van der Waals surface area contributed by atoms with E-state index in [2.05, 4.69) is 15.6 Å². The van der Waals surface area contributed by atoms with Crippen LogP contribution in [0.4, 0.5) is 0 Å². The van der Waals surface area contributed by atoms with Crippen molar-refractivity contribution < 1.29 is 29.5 Å².